The van der Waals surface area contributed by atoms with Gasteiger partial charge in [-0.25, -0.2) is 9.59 Å². The van der Waals surface area contributed by atoms with Crippen LogP contribution < -0.4 is 14.8 Å². The van der Waals surface area contributed by atoms with E-state index < -0.39 is 17.9 Å². The molecule has 1 N–H and O–H groups in total. The number of carbonyl (C=O) groups is 3. The first-order valence-corrected chi connectivity index (χ1v) is 11.9. The summed E-state index contributed by atoms with van der Waals surface area (Å²) in [5.41, 5.74) is 3.14. The Morgan fingerprint density at radius 2 is 1.69 bits per heavy atom. The third kappa shape index (κ3) is 4.88. The molecule has 188 valence electrons. The fraction of sp³-hybridized carbons (Fsp3) is 0.321. The number of benzene rings is 2. The maximum absolute atomic E-state index is 13.4. The van der Waals surface area contributed by atoms with Crippen LogP contribution in [0.2, 0.25) is 5.02 Å². The maximum atomic E-state index is 13.4. The van der Waals surface area contributed by atoms with Gasteiger partial charge in [-0.3, -0.25) is 4.79 Å². The summed E-state index contributed by atoms with van der Waals surface area (Å²) in [5.74, 6) is -1.26. The van der Waals surface area contributed by atoms with Crippen molar-refractivity contribution in [3.8, 4) is 11.5 Å². The number of methoxy groups -OCH3 is 2. The molecule has 0 amide bonds. The van der Waals surface area contributed by atoms with Crippen molar-refractivity contribution in [1.82, 2.24) is 5.32 Å². The van der Waals surface area contributed by atoms with Gasteiger partial charge in [0.05, 0.1) is 25.4 Å². The van der Waals surface area contributed by atoms with Gasteiger partial charge < -0.3 is 19.5 Å². The molecule has 7 nitrogen and oxygen atoms in total. The third-order valence-corrected chi connectivity index (χ3v) is 6.70. The molecule has 1 atom stereocenters. The standard InChI is InChI=1S/C28H28ClNO6/c1-15-23(27(33)35-5)24(25-19(30-15)13-28(2,3)14-20(25)31)17-8-11-21(22(12-17)34-4)36-26(32)16-6-9-18(29)10-7-16/h6-12,24,30H,13-14H2,1-5H3. The number of esters is 2. The van der Waals surface area contributed by atoms with E-state index in [9.17, 15) is 14.4 Å². The zero-order chi connectivity index (χ0) is 26.2. The van der Waals surface area contributed by atoms with E-state index in [1.807, 2.05) is 13.8 Å². The number of hydrogen-bond donors (Lipinski definition) is 1. The highest BCUT2D eigenvalue weighted by molar-refractivity contribution is 6.30. The number of halogens is 1. The van der Waals surface area contributed by atoms with Gasteiger partial charge in [0.1, 0.15) is 0 Å². The second-order valence-corrected chi connectivity index (χ2v) is 10.2. The minimum atomic E-state index is -0.646. The normalized spacial score (nSPS) is 18.8. The average molecular weight is 510 g/mol. The summed E-state index contributed by atoms with van der Waals surface area (Å²) in [5, 5.41) is 3.79. The Morgan fingerprint density at radius 3 is 2.33 bits per heavy atom. The Morgan fingerprint density at radius 1 is 1.00 bits per heavy atom. The molecule has 0 saturated heterocycles. The smallest absolute Gasteiger partial charge is 0.343 e. The van der Waals surface area contributed by atoms with Crippen molar-refractivity contribution in [1.29, 1.82) is 0 Å². The highest BCUT2D eigenvalue weighted by Crippen LogP contribution is 2.47. The van der Waals surface area contributed by atoms with Crippen molar-refractivity contribution in [3.05, 3.63) is 81.2 Å². The molecule has 0 aromatic heterocycles. The Labute approximate surface area is 215 Å². The lowest BCUT2D eigenvalue weighted by atomic mass is 9.68. The molecular formula is C28H28ClNO6. The molecule has 8 heteroatoms. The van der Waals surface area contributed by atoms with Crippen LogP contribution in [-0.2, 0) is 14.3 Å². The van der Waals surface area contributed by atoms with Crippen molar-refractivity contribution >= 4 is 29.3 Å². The largest absolute Gasteiger partial charge is 0.493 e. The lowest BCUT2D eigenvalue weighted by Crippen LogP contribution is -2.38. The van der Waals surface area contributed by atoms with E-state index in [-0.39, 0.29) is 16.9 Å². The van der Waals surface area contributed by atoms with Gasteiger partial charge in [-0.2, -0.15) is 0 Å². The SMILES string of the molecule is COC(=O)C1=C(C)NC2=C(C(=O)CC(C)(C)C2)C1c1ccc(OC(=O)c2ccc(Cl)cc2)c(OC)c1. The summed E-state index contributed by atoms with van der Waals surface area (Å²) >= 11 is 5.90. The summed E-state index contributed by atoms with van der Waals surface area (Å²) in [6, 6.07) is 11.4. The first-order chi connectivity index (χ1) is 17.0. The van der Waals surface area contributed by atoms with Gasteiger partial charge in [0.25, 0.3) is 0 Å². The molecule has 1 aliphatic carbocycles. The molecule has 36 heavy (non-hydrogen) atoms. The van der Waals surface area contributed by atoms with Crippen molar-refractivity contribution in [2.45, 2.75) is 39.5 Å². The average Bonchev–Trinajstić information content (AvgIpc) is 2.82. The van der Waals surface area contributed by atoms with Crippen LogP contribution >= 0.6 is 11.6 Å². The monoisotopic (exact) mass is 509 g/mol. The fourth-order valence-corrected chi connectivity index (χ4v) is 4.97. The molecule has 0 spiro atoms. The van der Waals surface area contributed by atoms with Crippen molar-refractivity contribution in [2.75, 3.05) is 14.2 Å². The Bertz CT molecular complexity index is 1310. The van der Waals surface area contributed by atoms with Gasteiger partial charge >= 0.3 is 11.9 Å². The van der Waals surface area contributed by atoms with Gasteiger partial charge in [-0.1, -0.05) is 31.5 Å². The highest BCUT2D eigenvalue weighted by Gasteiger charge is 2.43. The van der Waals surface area contributed by atoms with Gasteiger partial charge in [-0.15, -0.1) is 0 Å². The first kappa shape index (κ1) is 25.5. The van der Waals surface area contributed by atoms with Gasteiger partial charge in [0.2, 0.25) is 0 Å². The molecule has 2 aromatic carbocycles. The summed E-state index contributed by atoms with van der Waals surface area (Å²) < 4.78 is 16.2. The van der Waals surface area contributed by atoms with Crippen LogP contribution in [0.4, 0.5) is 0 Å². The molecule has 0 fully saturated rings. The third-order valence-electron chi connectivity index (χ3n) is 6.45. The zero-order valence-corrected chi connectivity index (χ0v) is 21.6. The number of rotatable bonds is 5. The van der Waals surface area contributed by atoms with Gasteiger partial charge in [0.15, 0.2) is 17.3 Å². The lowest BCUT2D eigenvalue weighted by Gasteiger charge is -2.39. The van der Waals surface area contributed by atoms with E-state index in [0.717, 1.165) is 5.70 Å². The minimum Gasteiger partial charge on any atom is -0.493 e. The van der Waals surface area contributed by atoms with Gasteiger partial charge in [-0.05, 0) is 60.7 Å². The van der Waals surface area contributed by atoms with Gasteiger partial charge in [0, 0.05) is 34.3 Å². The van der Waals surface area contributed by atoms with Crippen molar-refractivity contribution in [3.63, 3.8) is 0 Å². The van der Waals surface area contributed by atoms with Crippen LogP contribution in [0.25, 0.3) is 0 Å². The number of ketones is 1. The number of carbonyl (C=O) groups excluding carboxylic acids is 3. The number of dihydropyridines is 1. The van der Waals surface area contributed by atoms with Crippen LogP contribution in [0.5, 0.6) is 11.5 Å². The Hall–Kier alpha value is -3.58. The van der Waals surface area contributed by atoms with E-state index in [0.29, 0.717) is 51.6 Å². The molecule has 1 aliphatic heterocycles. The molecule has 0 bridgehead atoms. The number of nitrogens with one attached hydrogen (secondary N) is 1. The first-order valence-electron chi connectivity index (χ1n) is 11.5. The quantitative estimate of drug-likeness (QED) is 0.429. The van der Waals surface area contributed by atoms with Crippen LogP contribution in [0.15, 0.2) is 65.0 Å². The second kappa shape index (κ2) is 9.82. The topological polar surface area (TPSA) is 90.9 Å². The number of Topliss-reactive ketones (excluding diaryl/α,β-unsaturated/α-hetero) is 1. The molecule has 0 radical (unpaired) electrons. The van der Waals surface area contributed by atoms with E-state index in [2.05, 4.69) is 5.32 Å². The maximum Gasteiger partial charge on any atom is 0.343 e. The molecule has 0 saturated carbocycles. The number of ether oxygens (including phenoxy) is 3. The number of allylic oxidation sites excluding steroid dienone is 3. The molecule has 2 aliphatic rings. The molecule has 1 heterocycles. The van der Waals surface area contributed by atoms with E-state index >= 15 is 0 Å². The van der Waals surface area contributed by atoms with Crippen molar-refractivity contribution < 1.29 is 28.6 Å². The van der Waals surface area contributed by atoms with Crippen LogP contribution in [0, 0.1) is 5.41 Å². The highest BCUT2D eigenvalue weighted by atomic mass is 35.5. The predicted octanol–water partition coefficient (Wildman–Crippen LogP) is 5.34. The zero-order valence-electron chi connectivity index (χ0n) is 20.9. The minimum absolute atomic E-state index is 0.0233. The summed E-state index contributed by atoms with van der Waals surface area (Å²) in [7, 11) is 2.78. The Kier molecular flexibility index (Phi) is 6.96. The molecule has 4 rings (SSSR count). The van der Waals surface area contributed by atoms with Crippen LogP contribution in [0.3, 0.4) is 0 Å². The van der Waals surface area contributed by atoms with Crippen molar-refractivity contribution in [2.24, 2.45) is 5.41 Å². The van der Waals surface area contributed by atoms with Crippen LogP contribution in [-0.4, -0.2) is 31.9 Å². The summed E-state index contributed by atoms with van der Waals surface area (Å²) in [6.45, 7) is 5.90. The second-order valence-electron chi connectivity index (χ2n) is 9.73. The Balaban J connectivity index is 1.76. The predicted molar refractivity (Wildman–Crippen MR) is 135 cm³/mol. The van der Waals surface area contributed by atoms with Crippen LogP contribution in [0.1, 0.15) is 55.5 Å². The summed E-state index contributed by atoms with van der Waals surface area (Å²) in [4.78, 5) is 38.9. The molecule has 2 aromatic rings. The van der Waals surface area contributed by atoms with E-state index in [1.165, 1.54) is 14.2 Å². The molecule has 1 unspecified atom stereocenters. The lowest BCUT2D eigenvalue weighted by molar-refractivity contribution is -0.136. The fourth-order valence-electron chi connectivity index (χ4n) is 4.84. The molecular weight excluding hydrogens is 482 g/mol. The number of hydrogen-bond acceptors (Lipinski definition) is 7. The summed E-state index contributed by atoms with van der Waals surface area (Å²) in [6.07, 6.45) is 1.04. The van der Waals surface area contributed by atoms with E-state index in [1.54, 1.807) is 49.4 Å². The van der Waals surface area contributed by atoms with E-state index in [4.69, 9.17) is 25.8 Å².